The van der Waals surface area contributed by atoms with E-state index >= 15 is 0 Å². The van der Waals surface area contributed by atoms with E-state index in [9.17, 15) is 14.7 Å². The number of aliphatic carboxylic acids is 1. The van der Waals surface area contributed by atoms with Gasteiger partial charge in [0.25, 0.3) is 0 Å². The standard InChI is InChI=1S/C13H21N5O3/c1-10(2)13(21)14-7-11-8-17(16-15-11)5-6-18(3,4)9-12(19)20/h8H,1,5-7,9H2,2-4H3,(H-,14,19,20,21). The topological polar surface area (TPSA) is 99.9 Å². The van der Waals surface area contributed by atoms with Crippen LogP contribution in [0.1, 0.15) is 12.6 Å². The molecule has 1 N–H and O–H groups in total. The highest BCUT2D eigenvalue weighted by Crippen LogP contribution is 1.99. The molecule has 21 heavy (non-hydrogen) atoms. The largest absolute Gasteiger partial charge is 0.544 e. The molecule has 1 aromatic rings. The van der Waals surface area contributed by atoms with E-state index < -0.39 is 5.97 Å². The van der Waals surface area contributed by atoms with Crippen molar-refractivity contribution in [1.29, 1.82) is 0 Å². The smallest absolute Gasteiger partial charge is 0.246 e. The molecule has 0 bridgehead atoms. The molecule has 0 saturated carbocycles. The van der Waals surface area contributed by atoms with Crippen molar-refractivity contribution in [2.75, 3.05) is 27.2 Å². The molecule has 0 saturated heterocycles. The maximum atomic E-state index is 11.4. The van der Waals surface area contributed by atoms with Crippen LogP contribution < -0.4 is 10.4 Å². The van der Waals surface area contributed by atoms with Gasteiger partial charge in [0.15, 0.2) is 0 Å². The van der Waals surface area contributed by atoms with Crippen LogP contribution in [0.4, 0.5) is 0 Å². The normalized spacial score (nSPS) is 11.2. The van der Waals surface area contributed by atoms with Gasteiger partial charge in [-0.3, -0.25) is 4.79 Å². The van der Waals surface area contributed by atoms with E-state index in [-0.39, 0.29) is 19.0 Å². The zero-order chi connectivity index (χ0) is 16.0. The summed E-state index contributed by atoms with van der Waals surface area (Å²) < 4.78 is 1.92. The minimum atomic E-state index is -1.08. The minimum absolute atomic E-state index is 0.0593. The Balaban J connectivity index is 2.47. The lowest BCUT2D eigenvalue weighted by atomic mass is 10.3. The lowest BCUT2D eigenvalue weighted by Gasteiger charge is -2.29. The fourth-order valence-electron chi connectivity index (χ4n) is 1.65. The Bertz CT molecular complexity index is 536. The summed E-state index contributed by atoms with van der Waals surface area (Å²) in [5.41, 5.74) is 1.07. The highest BCUT2D eigenvalue weighted by atomic mass is 16.4. The number of hydrogen-bond donors (Lipinski definition) is 1. The highest BCUT2D eigenvalue weighted by molar-refractivity contribution is 5.91. The first kappa shape index (κ1) is 16.8. The Morgan fingerprint density at radius 2 is 2.14 bits per heavy atom. The van der Waals surface area contributed by atoms with E-state index in [1.165, 1.54) is 0 Å². The third-order valence-corrected chi connectivity index (χ3v) is 2.90. The highest BCUT2D eigenvalue weighted by Gasteiger charge is 2.15. The Hall–Kier alpha value is -2.22. The molecule has 0 unspecified atom stereocenters. The summed E-state index contributed by atoms with van der Waals surface area (Å²) in [7, 11) is 3.61. The van der Waals surface area contributed by atoms with E-state index in [1.54, 1.807) is 31.9 Å². The van der Waals surface area contributed by atoms with Gasteiger partial charge in [-0.25, -0.2) is 4.68 Å². The molecule has 1 rings (SSSR count). The van der Waals surface area contributed by atoms with Crippen LogP contribution in [0.5, 0.6) is 0 Å². The predicted molar refractivity (Wildman–Crippen MR) is 73.5 cm³/mol. The number of quaternary nitrogens is 1. The van der Waals surface area contributed by atoms with Crippen LogP contribution in [0.3, 0.4) is 0 Å². The number of carbonyl (C=O) groups is 2. The summed E-state index contributed by atoms with van der Waals surface area (Å²) in [6.07, 6.45) is 1.72. The maximum absolute atomic E-state index is 11.4. The van der Waals surface area contributed by atoms with Gasteiger partial charge in [-0.05, 0) is 6.92 Å². The zero-order valence-electron chi connectivity index (χ0n) is 12.6. The van der Waals surface area contributed by atoms with Gasteiger partial charge in [0, 0.05) is 5.57 Å². The average Bonchev–Trinajstić information content (AvgIpc) is 2.80. The molecule has 0 aliphatic carbocycles. The van der Waals surface area contributed by atoms with Crippen LogP contribution in [0, 0.1) is 0 Å². The molecule has 1 heterocycles. The molecule has 0 radical (unpaired) electrons. The number of carboxylic acid groups (broad SMARTS) is 1. The number of carboxylic acids is 1. The van der Waals surface area contributed by atoms with Crippen LogP contribution in [0.15, 0.2) is 18.3 Å². The Kier molecular flexibility index (Phi) is 5.60. The average molecular weight is 295 g/mol. The van der Waals surface area contributed by atoms with Crippen molar-refractivity contribution in [2.24, 2.45) is 0 Å². The third kappa shape index (κ3) is 6.17. The van der Waals surface area contributed by atoms with Crippen molar-refractivity contribution < 1.29 is 19.2 Å². The first-order chi connectivity index (χ1) is 9.69. The van der Waals surface area contributed by atoms with Crippen molar-refractivity contribution >= 4 is 11.9 Å². The SMILES string of the molecule is C=C(C)C(=O)NCc1cn(CC[N+](C)(C)CC(=O)[O-])nn1. The van der Waals surface area contributed by atoms with Gasteiger partial charge in [-0.1, -0.05) is 11.8 Å². The van der Waals surface area contributed by atoms with Crippen molar-refractivity contribution in [1.82, 2.24) is 20.3 Å². The summed E-state index contributed by atoms with van der Waals surface area (Å²) in [6, 6.07) is 0. The fraction of sp³-hybridized carbons (Fsp3) is 0.538. The van der Waals surface area contributed by atoms with Gasteiger partial charge < -0.3 is 19.7 Å². The van der Waals surface area contributed by atoms with Crippen LogP contribution >= 0.6 is 0 Å². The monoisotopic (exact) mass is 295 g/mol. The van der Waals surface area contributed by atoms with E-state index in [1.807, 2.05) is 0 Å². The second-order valence-corrected chi connectivity index (χ2v) is 5.63. The summed E-state index contributed by atoms with van der Waals surface area (Å²) in [4.78, 5) is 22.0. The molecule has 0 aromatic carbocycles. The first-order valence-electron chi connectivity index (χ1n) is 6.54. The molecular formula is C13H21N5O3. The van der Waals surface area contributed by atoms with E-state index in [4.69, 9.17) is 0 Å². The lowest BCUT2D eigenvalue weighted by Crippen LogP contribution is -2.49. The molecule has 8 heteroatoms. The summed E-state index contributed by atoms with van der Waals surface area (Å²) in [5.74, 6) is -1.31. The van der Waals surface area contributed by atoms with E-state index in [2.05, 4.69) is 22.2 Å². The van der Waals surface area contributed by atoms with Gasteiger partial charge in [0.1, 0.15) is 12.2 Å². The van der Waals surface area contributed by atoms with Gasteiger partial charge >= 0.3 is 0 Å². The maximum Gasteiger partial charge on any atom is 0.246 e. The van der Waals surface area contributed by atoms with Crippen molar-refractivity contribution in [3.63, 3.8) is 0 Å². The first-order valence-corrected chi connectivity index (χ1v) is 6.54. The Morgan fingerprint density at radius 3 is 2.71 bits per heavy atom. The molecular weight excluding hydrogens is 274 g/mol. The summed E-state index contributed by atoms with van der Waals surface area (Å²) >= 11 is 0. The number of hydrogen-bond acceptors (Lipinski definition) is 5. The summed E-state index contributed by atoms with van der Waals surface area (Å²) in [6.45, 7) is 6.50. The van der Waals surface area contributed by atoms with Crippen LogP contribution in [-0.4, -0.2) is 58.5 Å². The quantitative estimate of drug-likeness (QED) is 0.455. The van der Waals surface area contributed by atoms with Crippen molar-refractivity contribution in [3.05, 3.63) is 24.0 Å². The molecule has 1 amide bonds. The number of amides is 1. The molecule has 0 fully saturated rings. The zero-order valence-corrected chi connectivity index (χ0v) is 12.6. The molecule has 0 spiro atoms. The van der Waals surface area contributed by atoms with Crippen LogP contribution in [-0.2, 0) is 22.7 Å². The Labute approximate surface area is 123 Å². The van der Waals surface area contributed by atoms with Crippen molar-refractivity contribution in [2.45, 2.75) is 20.0 Å². The predicted octanol–water partition coefficient (Wildman–Crippen LogP) is -1.70. The lowest BCUT2D eigenvalue weighted by molar-refractivity contribution is -0.885. The summed E-state index contributed by atoms with van der Waals surface area (Å²) in [5, 5.41) is 21.2. The molecule has 8 nitrogen and oxygen atoms in total. The van der Waals surface area contributed by atoms with Gasteiger partial charge in [-0.15, -0.1) is 5.10 Å². The number of nitrogens with one attached hydrogen (secondary N) is 1. The van der Waals surface area contributed by atoms with Crippen LogP contribution in [0.25, 0.3) is 0 Å². The van der Waals surface area contributed by atoms with Crippen molar-refractivity contribution in [3.8, 4) is 0 Å². The third-order valence-electron chi connectivity index (χ3n) is 2.90. The Morgan fingerprint density at radius 1 is 1.48 bits per heavy atom. The van der Waals surface area contributed by atoms with Crippen LogP contribution in [0.2, 0.25) is 0 Å². The van der Waals surface area contributed by atoms with Gasteiger partial charge in [0.05, 0.1) is 45.9 Å². The second kappa shape index (κ2) is 6.98. The molecule has 0 aliphatic rings. The van der Waals surface area contributed by atoms with E-state index in [0.717, 1.165) is 0 Å². The molecule has 0 aliphatic heterocycles. The molecule has 0 atom stereocenters. The molecule has 1 aromatic heterocycles. The second-order valence-electron chi connectivity index (χ2n) is 5.63. The van der Waals surface area contributed by atoms with E-state index in [0.29, 0.717) is 28.8 Å². The molecule has 116 valence electrons. The number of carbonyl (C=O) groups excluding carboxylic acids is 2. The number of rotatable bonds is 8. The fourth-order valence-corrected chi connectivity index (χ4v) is 1.65. The van der Waals surface area contributed by atoms with Gasteiger partial charge in [-0.2, -0.15) is 0 Å². The van der Waals surface area contributed by atoms with Gasteiger partial charge in [0.2, 0.25) is 5.91 Å². The number of nitrogens with zero attached hydrogens (tertiary/aromatic N) is 4. The number of aromatic nitrogens is 3. The number of likely N-dealkylation sites (N-methyl/N-ethyl adjacent to an activating group) is 1. The minimum Gasteiger partial charge on any atom is -0.544 e.